The molecular formula is C28H39N3O7. The summed E-state index contributed by atoms with van der Waals surface area (Å²) in [5.41, 5.74) is 4.87. The smallest absolute Gasteiger partial charge is 0.230 e. The van der Waals surface area contributed by atoms with Gasteiger partial charge < -0.3 is 30.9 Å². The molecule has 7 atom stereocenters. The van der Waals surface area contributed by atoms with Crippen LogP contribution in [0.5, 0.6) is 5.75 Å². The lowest BCUT2D eigenvalue weighted by molar-refractivity contribution is -0.190. The molecule has 0 radical (unpaired) electrons. The van der Waals surface area contributed by atoms with Crippen LogP contribution in [0.3, 0.4) is 0 Å². The number of carbonyl (C=O) groups excluding carboxylic acids is 4. The molecule has 3 aliphatic carbocycles. The first-order valence-electron chi connectivity index (χ1n) is 13.3. The summed E-state index contributed by atoms with van der Waals surface area (Å²) in [7, 11) is 6.96. The number of hydrogen-bond acceptors (Lipinski definition) is 9. The molecule has 0 bridgehead atoms. The standard InChI is InChI=1S/C28H39N3O7/c1-6-7-8-9-13-12-17(30(2)3)15-10-14-11-16-21(31(4)5)24(34)20(27(29)37)26(36)28(16,38)25(35)18(14)23(33)19(15)22(13)32/h12,14,16,18,20-21,24,32,34,38H,6-11H2,1-5H3,(H2,29,37)/t14-,16-,18?,20?,21-,24?,28-/m1/s1. The van der Waals surface area contributed by atoms with Gasteiger partial charge in [0.25, 0.3) is 0 Å². The summed E-state index contributed by atoms with van der Waals surface area (Å²) < 4.78 is 0. The largest absolute Gasteiger partial charge is 0.507 e. The van der Waals surface area contributed by atoms with Crippen molar-refractivity contribution in [1.29, 1.82) is 0 Å². The Bertz CT molecular complexity index is 1180. The summed E-state index contributed by atoms with van der Waals surface area (Å²) in [5, 5.41) is 33.9. The van der Waals surface area contributed by atoms with E-state index in [4.69, 9.17) is 5.73 Å². The summed E-state index contributed by atoms with van der Waals surface area (Å²) in [6.45, 7) is 2.07. The number of ketones is 3. The van der Waals surface area contributed by atoms with Crippen molar-refractivity contribution < 1.29 is 34.5 Å². The number of aliphatic hydroxyl groups excluding tert-OH is 1. The number of phenolic OH excluding ortho intramolecular Hbond substituents is 1. The number of carbonyl (C=O) groups is 4. The molecule has 0 aromatic heterocycles. The molecule has 2 fully saturated rings. The van der Waals surface area contributed by atoms with E-state index in [-0.39, 0.29) is 24.2 Å². The van der Waals surface area contributed by atoms with Crippen LogP contribution in [-0.2, 0) is 27.2 Å². The van der Waals surface area contributed by atoms with Gasteiger partial charge in [-0.3, -0.25) is 19.2 Å². The molecule has 1 aromatic carbocycles. The summed E-state index contributed by atoms with van der Waals surface area (Å²) >= 11 is 0. The number of likely N-dealkylation sites (N-methyl/N-ethyl adjacent to an activating group) is 1. The van der Waals surface area contributed by atoms with Crippen LogP contribution >= 0.6 is 0 Å². The maximum absolute atomic E-state index is 14.0. The van der Waals surface area contributed by atoms with Gasteiger partial charge in [-0.1, -0.05) is 19.8 Å². The maximum Gasteiger partial charge on any atom is 0.230 e. The van der Waals surface area contributed by atoms with Crippen LogP contribution in [0.1, 0.15) is 54.1 Å². The number of aliphatic hydroxyl groups is 2. The summed E-state index contributed by atoms with van der Waals surface area (Å²) in [6, 6.07) is 0.978. The number of aryl methyl sites for hydroxylation is 1. The van der Waals surface area contributed by atoms with Crippen molar-refractivity contribution in [2.45, 2.75) is 63.2 Å². The second-order valence-corrected chi connectivity index (χ2v) is 11.6. The van der Waals surface area contributed by atoms with E-state index in [2.05, 4.69) is 6.92 Å². The van der Waals surface area contributed by atoms with Crippen LogP contribution in [0, 0.1) is 23.7 Å². The summed E-state index contributed by atoms with van der Waals surface area (Å²) in [6.07, 6.45) is 2.21. The van der Waals surface area contributed by atoms with Crippen molar-refractivity contribution in [3.63, 3.8) is 0 Å². The number of amides is 1. The van der Waals surface area contributed by atoms with Crippen molar-refractivity contribution in [1.82, 2.24) is 4.90 Å². The van der Waals surface area contributed by atoms with E-state index < -0.39 is 64.7 Å². The lowest BCUT2D eigenvalue weighted by atomic mass is 9.52. The molecule has 0 spiro atoms. The molecule has 208 valence electrons. The molecule has 5 N–H and O–H groups in total. The number of phenols is 1. The Morgan fingerprint density at radius 1 is 1.13 bits per heavy atom. The highest BCUT2D eigenvalue weighted by Gasteiger charge is 2.69. The number of primary amides is 1. The topological polar surface area (TPSA) is 161 Å². The van der Waals surface area contributed by atoms with Crippen LogP contribution in [-0.4, -0.2) is 89.4 Å². The highest BCUT2D eigenvalue weighted by Crippen LogP contribution is 2.52. The Labute approximate surface area is 222 Å². The van der Waals surface area contributed by atoms with Gasteiger partial charge in [0.15, 0.2) is 23.0 Å². The van der Waals surface area contributed by atoms with Gasteiger partial charge in [-0.25, -0.2) is 0 Å². The minimum atomic E-state index is -2.65. The second-order valence-electron chi connectivity index (χ2n) is 11.6. The van der Waals surface area contributed by atoms with Gasteiger partial charge in [0.1, 0.15) is 11.7 Å². The number of hydrogen-bond donors (Lipinski definition) is 4. The van der Waals surface area contributed by atoms with Gasteiger partial charge in [0, 0.05) is 31.7 Å². The third-order valence-electron chi connectivity index (χ3n) is 8.88. The fourth-order valence-corrected chi connectivity index (χ4v) is 7.08. The molecule has 1 aromatic rings. The number of fused-ring (bicyclic) bond motifs is 3. The molecule has 10 heteroatoms. The summed E-state index contributed by atoms with van der Waals surface area (Å²) in [4.78, 5) is 57.0. The van der Waals surface area contributed by atoms with Gasteiger partial charge in [0.2, 0.25) is 5.91 Å². The number of Topliss-reactive ketones (excluding diaryl/α,β-unsaturated/α-hetero) is 3. The fourth-order valence-electron chi connectivity index (χ4n) is 7.08. The van der Waals surface area contributed by atoms with Crippen LogP contribution in [0.2, 0.25) is 0 Å². The zero-order chi connectivity index (χ0) is 28.3. The van der Waals surface area contributed by atoms with E-state index in [1.165, 1.54) is 0 Å². The molecule has 0 saturated heterocycles. The fraction of sp³-hybridized carbons (Fsp3) is 0.643. The highest BCUT2D eigenvalue weighted by molar-refractivity contribution is 6.25. The van der Waals surface area contributed by atoms with E-state index in [1.807, 2.05) is 25.1 Å². The van der Waals surface area contributed by atoms with Gasteiger partial charge in [-0.15, -0.1) is 0 Å². The predicted octanol–water partition coefficient (Wildman–Crippen LogP) is 0.458. The SMILES string of the molecule is CCCCCc1cc(N(C)C)c2c(c1O)C(=O)C1C(=O)[C@@]3(O)C(=O)C(C(N)=O)C(O)[C@H](N(C)C)[C@H]3C[C@H]1C2. The average Bonchev–Trinajstić information content (AvgIpc) is 2.82. The molecule has 2 saturated carbocycles. The Balaban J connectivity index is 1.85. The lowest BCUT2D eigenvalue weighted by Crippen LogP contribution is -2.75. The number of nitrogens with zero attached hydrogens (tertiary/aromatic N) is 2. The van der Waals surface area contributed by atoms with Crippen LogP contribution in [0.15, 0.2) is 6.07 Å². The molecule has 10 nitrogen and oxygen atoms in total. The van der Waals surface area contributed by atoms with E-state index in [1.54, 1.807) is 19.0 Å². The van der Waals surface area contributed by atoms with E-state index in [9.17, 15) is 34.5 Å². The van der Waals surface area contributed by atoms with Crippen molar-refractivity contribution in [3.05, 3.63) is 22.8 Å². The minimum absolute atomic E-state index is 0.0678. The molecule has 3 aliphatic rings. The summed E-state index contributed by atoms with van der Waals surface area (Å²) in [5.74, 6) is -8.78. The average molecular weight is 530 g/mol. The first-order valence-corrected chi connectivity index (χ1v) is 13.3. The molecule has 3 unspecified atom stereocenters. The molecule has 0 heterocycles. The van der Waals surface area contributed by atoms with Crippen molar-refractivity contribution in [2.24, 2.45) is 29.4 Å². The molecule has 0 aliphatic heterocycles. The first kappa shape index (κ1) is 28.2. The Morgan fingerprint density at radius 2 is 1.79 bits per heavy atom. The maximum atomic E-state index is 14.0. The first-order chi connectivity index (χ1) is 17.8. The number of rotatable bonds is 7. The Hall–Kier alpha value is -2.82. The highest BCUT2D eigenvalue weighted by atomic mass is 16.3. The van der Waals surface area contributed by atoms with Gasteiger partial charge in [0.05, 0.1) is 17.6 Å². The van der Waals surface area contributed by atoms with Crippen molar-refractivity contribution in [2.75, 3.05) is 33.1 Å². The van der Waals surface area contributed by atoms with E-state index in [0.717, 1.165) is 24.9 Å². The predicted molar refractivity (Wildman–Crippen MR) is 140 cm³/mol. The zero-order valence-corrected chi connectivity index (χ0v) is 22.7. The van der Waals surface area contributed by atoms with Crippen molar-refractivity contribution in [3.8, 4) is 5.75 Å². The molecular weight excluding hydrogens is 490 g/mol. The Kier molecular flexibility index (Phi) is 7.46. The minimum Gasteiger partial charge on any atom is -0.507 e. The number of benzene rings is 1. The van der Waals surface area contributed by atoms with E-state index in [0.29, 0.717) is 17.5 Å². The van der Waals surface area contributed by atoms with Crippen LogP contribution < -0.4 is 10.6 Å². The molecule has 38 heavy (non-hydrogen) atoms. The third kappa shape index (κ3) is 4.04. The lowest BCUT2D eigenvalue weighted by Gasteiger charge is -2.55. The Morgan fingerprint density at radius 3 is 2.34 bits per heavy atom. The monoisotopic (exact) mass is 529 g/mol. The van der Waals surface area contributed by atoms with Crippen LogP contribution in [0.4, 0.5) is 5.69 Å². The van der Waals surface area contributed by atoms with Crippen molar-refractivity contribution >= 4 is 28.9 Å². The van der Waals surface area contributed by atoms with E-state index >= 15 is 0 Å². The normalized spacial score (nSPS) is 32.6. The quantitative estimate of drug-likeness (QED) is 0.290. The molecule has 4 rings (SSSR count). The number of unbranched alkanes of at least 4 members (excludes halogenated alkanes) is 2. The third-order valence-corrected chi connectivity index (χ3v) is 8.88. The second kappa shape index (κ2) is 10.1. The number of aromatic hydroxyl groups is 1. The number of nitrogens with two attached hydrogens (primary N) is 1. The number of anilines is 1. The van der Waals surface area contributed by atoms with Gasteiger partial charge in [-0.05, 0) is 62.9 Å². The van der Waals surface area contributed by atoms with Crippen LogP contribution in [0.25, 0.3) is 0 Å². The van der Waals surface area contributed by atoms with Gasteiger partial charge >= 0.3 is 0 Å². The molecule has 1 amide bonds. The zero-order valence-electron chi connectivity index (χ0n) is 22.7. The van der Waals surface area contributed by atoms with Gasteiger partial charge in [-0.2, -0.15) is 0 Å².